The highest BCUT2D eigenvalue weighted by Gasteiger charge is 2.30. The first-order chi connectivity index (χ1) is 9.87. The number of carbonyl (C=O) groups excluding carboxylic acids is 1. The van der Waals surface area contributed by atoms with Gasteiger partial charge in [-0.25, -0.2) is 8.42 Å². The van der Waals surface area contributed by atoms with Gasteiger partial charge in [-0.1, -0.05) is 12.8 Å². The number of nitrogens with one attached hydrogen (secondary N) is 1. The Labute approximate surface area is 122 Å². The Morgan fingerprint density at radius 2 is 2.05 bits per heavy atom. The first-order valence-electron chi connectivity index (χ1n) is 6.62. The zero-order valence-electron chi connectivity index (χ0n) is 11.4. The van der Waals surface area contributed by atoms with Gasteiger partial charge < -0.3 is 10.4 Å². The Balaban J connectivity index is 1.92. The van der Waals surface area contributed by atoms with Gasteiger partial charge in [0.2, 0.25) is 5.91 Å². The van der Waals surface area contributed by atoms with Gasteiger partial charge in [0.15, 0.2) is 9.84 Å². The molecule has 1 aromatic rings. The van der Waals surface area contributed by atoms with Crippen LogP contribution in [-0.4, -0.2) is 46.2 Å². The Hall–Kier alpha value is -1.90. The summed E-state index contributed by atoms with van der Waals surface area (Å²) in [5, 5.41) is 14.4. The van der Waals surface area contributed by atoms with E-state index < -0.39 is 32.7 Å². The Bertz CT molecular complexity index is 631. The summed E-state index contributed by atoms with van der Waals surface area (Å²) in [4.78, 5) is 22.3. The summed E-state index contributed by atoms with van der Waals surface area (Å²) >= 11 is 0. The van der Waals surface area contributed by atoms with Crippen LogP contribution >= 0.6 is 0 Å². The van der Waals surface area contributed by atoms with E-state index in [1.807, 2.05) is 0 Å². The lowest BCUT2D eigenvalue weighted by atomic mass is 10.4. The summed E-state index contributed by atoms with van der Waals surface area (Å²) in [5.41, 5.74) is 0.280. The van der Waals surface area contributed by atoms with Crippen molar-refractivity contribution in [2.75, 3.05) is 11.1 Å². The highest BCUT2D eigenvalue weighted by molar-refractivity contribution is 7.92. The normalized spacial score (nSPS) is 16.0. The van der Waals surface area contributed by atoms with Crippen molar-refractivity contribution >= 4 is 27.4 Å². The molecule has 116 valence electrons. The van der Waals surface area contributed by atoms with E-state index in [9.17, 15) is 18.0 Å². The number of hydrogen-bond acceptors (Lipinski definition) is 5. The van der Waals surface area contributed by atoms with Crippen LogP contribution in [0.2, 0.25) is 0 Å². The van der Waals surface area contributed by atoms with Gasteiger partial charge in [-0.2, -0.15) is 5.10 Å². The number of aromatic nitrogens is 2. The van der Waals surface area contributed by atoms with E-state index in [2.05, 4.69) is 10.4 Å². The number of rotatable bonds is 6. The molecule has 1 aromatic heterocycles. The Morgan fingerprint density at radius 1 is 1.38 bits per heavy atom. The number of sulfone groups is 1. The van der Waals surface area contributed by atoms with E-state index in [1.54, 1.807) is 0 Å². The smallest absolute Gasteiger partial charge is 0.325 e. The van der Waals surface area contributed by atoms with E-state index in [0.29, 0.717) is 12.8 Å². The summed E-state index contributed by atoms with van der Waals surface area (Å²) in [6.07, 6.45) is 5.62. The second-order valence-corrected chi connectivity index (χ2v) is 7.36. The summed E-state index contributed by atoms with van der Waals surface area (Å²) in [6, 6.07) is 0. The van der Waals surface area contributed by atoms with Crippen LogP contribution in [0.5, 0.6) is 0 Å². The lowest BCUT2D eigenvalue weighted by Gasteiger charge is -2.10. The molecule has 8 nitrogen and oxygen atoms in total. The van der Waals surface area contributed by atoms with Gasteiger partial charge >= 0.3 is 5.97 Å². The molecule has 1 aliphatic rings. The molecule has 1 amide bonds. The van der Waals surface area contributed by atoms with Gasteiger partial charge in [0.25, 0.3) is 0 Å². The molecule has 21 heavy (non-hydrogen) atoms. The summed E-state index contributed by atoms with van der Waals surface area (Å²) in [7, 11) is -3.42. The molecular weight excluding hydrogens is 298 g/mol. The van der Waals surface area contributed by atoms with Crippen LogP contribution in [0.3, 0.4) is 0 Å². The van der Waals surface area contributed by atoms with Crippen molar-refractivity contribution in [2.24, 2.45) is 0 Å². The maximum atomic E-state index is 12.0. The van der Waals surface area contributed by atoms with Crippen molar-refractivity contribution in [1.29, 1.82) is 0 Å². The third-order valence-electron chi connectivity index (χ3n) is 3.36. The standard InChI is InChI=1S/C12H17N3O5S/c16-11(8-21(19,20)10-3-1-2-4-10)14-9-5-13-15(6-9)7-12(17)18/h5-6,10H,1-4,7-8H2,(H,14,16)(H,17,18). The predicted molar refractivity (Wildman–Crippen MR) is 74.5 cm³/mol. The molecule has 0 saturated heterocycles. The first-order valence-corrected chi connectivity index (χ1v) is 8.34. The van der Waals surface area contributed by atoms with Crippen molar-refractivity contribution in [2.45, 2.75) is 37.5 Å². The number of hydrogen-bond donors (Lipinski definition) is 2. The molecule has 1 heterocycles. The molecule has 0 bridgehead atoms. The number of carboxylic acids is 1. The second kappa shape index (κ2) is 6.25. The largest absolute Gasteiger partial charge is 0.480 e. The molecule has 0 radical (unpaired) electrons. The first kappa shape index (κ1) is 15.5. The van der Waals surface area contributed by atoms with Crippen molar-refractivity contribution in [3.8, 4) is 0 Å². The maximum Gasteiger partial charge on any atom is 0.325 e. The van der Waals surface area contributed by atoms with Crippen LogP contribution in [0.25, 0.3) is 0 Å². The molecule has 9 heteroatoms. The van der Waals surface area contributed by atoms with Gasteiger partial charge in [-0.3, -0.25) is 14.3 Å². The van der Waals surface area contributed by atoms with Crippen LogP contribution in [0.4, 0.5) is 5.69 Å². The van der Waals surface area contributed by atoms with Gasteiger partial charge in [0.1, 0.15) is 12.3 Å². The van der Waals surface area contributed by atoms with Crippen LogP contribution in [0, 0.1) is 0 Å². The fourth-order valence-electron chi connectivity index (χ4n) is 2.40. The number of nitrogens with zero attached hydrogens (tertiary/aromatic N) is 2. The number of carboxylic acid groups (broad SMARTS) is 1. The Morgan fingerprint density at radius 3 is 2.67 bits per heavy atom. The van der Waals surface area contributed by atoms with Crippen molar-refractivity contribution < 1.29 is 23.1 Å². The minimum absolute atomic E-state index is 0.280. The highest BCUT2D eigenvalue weighted by atomic mass is 32.2. The minimum Gasteiger partial charge on any atom is -0.480 e. The lowest BCUT2D eigenvalue weighted by molar-refractivity contribution is -0.137. The van der Waals surface area contributed by atoms with E-state index in [-0.39, 0.29) is 12.2 Å². The average molecular weight is 315 g/mol. The fourth-order valence-corrected chi connectivity index (χ4v) is 4.12. The molecule has 1 aliphatic carbocycles. The van der Waals surface area contributed by atoms with Gasteiger partial charge in [-0.05, 0) is 12.8 Å². The average Bonchev–Trinajstić information content (AvgIpc) is 2.98. The topological polar surface area (TPSA) is 118 Å². The zero-order valence-corrected chi connectivity index (χ0v) is 12.2. The van der Waals surface area contributed by atoms with E-state index in [4.69, 9.17) is 5.11 Å². The van der Waals surface area contributed by atoms with E-state index >= 15 is 0 Å². The summed E-state index contributed by atoms with van der Waals surface area (Å²) < 4.78 is 25.2. The maximum absolute atomic E-state index is 12.0. The van der Waals surface area contributed by atoms with Crippen molar-refractivity contribution in [1.82, 2.24) is 9.78 Å². The van der Waals surface area contributed by atoms with Gasteiger partial charge in [-0.15, -0.1) is 0 Å². The Kier molecular flexibility index (Phi) is 4.61. The zero-order chi connectivity index (χ0) is 15.5. The third kappa shape index (κ3) is 4.28. The number of carbonyl (C=O) groups is 2. The van der Waals surface area contributed by atoms with Crippen LogP contribution in [0.15, 0.2) is 12.4 Å². The number of aliphatic carboxylic acids is 1. The van der Waals surface area contributed by atoms with E-state index in [0.717, 1.165) is 17.5 Å². The third-order valence-corrected chi connectivity index (χ3v) is 5.51. The lowest BCUT2D eigenvalue weighted by Crippen LogP contribution is -2.29. The van der Waals surface area contributed by atoms with Gasteiger partial charge in [0, 0.05) is 6.20 Å². The monoisotopic (exact) mass is 315 g/mol. The van der Waals surface area contributed by atoms with Crippen molar-refractivity contribution in [3.05, 3.63) is 12.4 Å². The quantitative estimate of drug-likeness (QED) is 0.777. The highest BCUT2D eigenvalue weighted by Crippen LogP contribution is 2.25. The number of amides is 1. The number of anilines is 1. The molecular formula is C12H17N3O5S. The van der Waals surface area contributed by atoms with Crippen LogP contribution in [-0.2, 0) is 26.0 Å². The molecule has 1 fully saturated rings. The van der Waals surface area contributed by atoms with Crippen LogP contribution < -0.4 is 5.32 Å². The SMILES string of the molecule is O=C(O)Cn1cc(NC(=O)CS(=O)(=O)C2CCCC2)cn1. The molecule has 0 aliphatic heterocycles. The summed E-state index contributed by atoms with van der Waals surface area (Å²) in [5.74, 6) is -2.24. The minimum atomic E-state index is -3.42. The molecule has 0 unspecified atom stereocenters. The van der Waals surface area contributed by atoms with Crippen molar-refractivity contribution in [3.63, 3.8) is 0 Å². The molecule has 1 saturated carbocycles. The molecule has 2 N–H and O–H groups in total. The van der Waals surface area contributed by atoms with Crippen LogP contribution in [0.1, 0.15) is 25.7 Å². The molecule has 0 spiro atoms. The second-order valence-electron chi connectivity index (χ2n) is 5.08. The fraction of sp³-hybridized carbons (Fsp3) is 0.583. The molecule has 2 rings (SSSR count). The van der Waals surface area contributed by atoms with E-state index in [1.165, 1.54) is 12.4 Å². The molecule has 0 aromatic carbocycles. The molecule has 0 atom stereocenters. The van der Waals surface area contributed by atoms with Gasteiger partial charge in [0.05, 0.1) is 17.1 Å². The predicted octanol–water partition coefficient (Wildman–Crippen LogP) is 0.264. The summed E-state index contributed by atoms with van der Waals surface area (Å²) in [6.45, 7) is -0.323.